The average molecular weight is 141 g/mol. The third-order valence-electron chi connectivity index (χ3n) is 0.671. The van der Waals surface area contributed by atoms with E-state index in [-0.39, 0.29) is 17.4 Å². The van der Waals surface area contributed by atoms with Gasteiger partial charge < -0.3 is 0 Å². The van der Waals surface area contributed by atoms with E-state index in [1.54, 1.807) is 6.07 Å². The lowest BCUT2D eigenvalue weighted by Gasteiger charge is -1.81. The first-order valence-electron chi connectivity index (χ1n) is 2.20. The first kappa shape index (κ1) is 6.03. The summed E-state index contributed by atoms with van der Waals surface area (Å²) in [5, 5.41) is 0. The van der Waals surface area contributed by atoms with Crippen molar-refractivity contribution >= 4 is 17.4 Å². The lowest BCUT2D eigenvalue weighted by Crippen LogP contribution is -1.74. The molecule has 0 fully saturated rings. The average Bonchev–Trinajstić information content (AvgIpc) is 1.91. The molecule has 46 valence electrons. The molecule has 0 aliphatic carbocycles. The maximum absolute atomic E-state index is 9.77. The van der Waals surface area contributed by atoms with E-state index in [1.807, 2.05) is 0 Å². The van der Waals surface area contributed by atoms with Gasteiger partial charge in [0.2, 0.25) is 11.5 Å². The molecule has 0 saturated heterocycles. The molecule has 0 spiro atoms. The molecule has 0 bridgehead atoms. The highest BCUT2D eigenvalue weighted by molar-refractivity contribution is 7.54. The molecule has 0 aliphatic rings. The third kappa shape index (κ3) is 1.69. The first-order chi connectivity index (χ1) is 4.43. The number of nitrogens with zero attached hydrogens (tertiary/aromatic N) is 3. The Morgan fingerprint density at radius 3 is 2.67 bits per heavy atom. The van der Waals surface area contributed by atoms with Crippen LogP contribution in [0.5, 0.6) is 0 Å². The van der Waals surface area contributed by atoms with Crippen molar-refractivity contribution in [3.63, 3.8) is 0 Å². The molecule has 1 aromatic rings. The summed E-state index contributed by atoms with van der Waals surface area (Å²) >= 11 is 0.105. The zero-order chi connectivity index (χ0) is 6.53. The van der Waals surface area contributed by atoms with E-state index in [4.69, 9.17) is 0 Å². The molecule has 1 heterocycles. The Labute approximate surface area is 55.2 Å². The quantitative estimate of drug-likeness (QED) is 0.572. The Morgan fingerprint density at radius 1 is 1.44 bits per heavy atom. The fourth-order valence-corrected chi connectivity index (χ4v) is 0.533. The molecule has 0 aliphatic heterocycles. The summed E-state index contributed by atoms with van der Waals surface area (Å²) in [5.74, 6) is 0.220. The zero-order valence-electron chi connectivity index (χ0n) is 4.39. The van der Waals surface area contributed by atoms with Crippen molar-refractivity contribution in [1.82, 2.24) is 9.97 Å². The normalized spacial score (nSPS) is 8.44. The summed E-state index contributed by atoms with van der Waals surface area (Å²) in [6.45, 7) is 0. The van der Waals surface area contributed by atoms with E-state index in [9.17, 15) is 4.21 Å². The third-order valence-corrected chi connectivity index (χ3v) is 0.909. The molecule has 4 nitrogen and oxygen atoms in total. The minimum Gasteiger partial charge on any atom is -0.219 e. The number of hydrogen-bond acceptors (Lipinski definition) is 4. The zero-order valence-corrected chi connectivity index (χ0v) is 5.21. The van der Waals surface area contributed by atoms with Crippen molar-refractivity contribution in [2.45, 2.75) is 0 Å². The Balaban J connectivity index is 2.97. The minimum absolute atomic E-state index is 0.105. The number of rotatable bonds is 1. The van der Waals surface area contributed by atoms with Gasteiger partial charge in [0.25, 0.3) is 5.95 Å². The monoisotopic (exact) mass is 141 g/mol. The number of hydrogen-bond donors (Lipinski definition) is 0. The summed E-state index contributed by atoms with van der Waals surface area (Å²) in [5.41, 5.74) is 0. The highest BCUT2D eigenvalue weighted by Gasteiger charge is 1.83. The largest absolute Gasteiger partial charge is 0.262 e. The van der Waals surface area contributed by atoms with Crippen LogP contribution in [0, 0.1) is 0 Å². The molecule has 0 saturated carbocycles. The molecule has 1 aromatic heterocycles. The maximum Gasteiger partial charge on any atom is 0.262 e. The molecule has 5 heteroatoms. The molecule has 0 radical (unpaired) electrons. The van der Waals surface area contributed by atoms with Crippen LogP contribution in [0.15, 0.2) is 22.8 Å². The van der Waals surface area contributed by atoms with Gasteiger partial charge in [0.15, 0.2) is 0 Å². The predicted octanol–water partition coefficient (Wildman–Crippen LogP) is 0.505. The summed E-state index contributed by atoms with van der Waals surface area (Å²) in [6, 6.07) is 1.66. The van der Waals surface area contributed by atoms with Gasteiger partial charge in [0.05, 0.1) is 0 Å². The van der Waals surface area contributed by atoms with E-state index in [0.717, 1.165) is 0 Å². The molecule has 1 rings (SSSR count). The molecule has 0 amide bonds. The van der Waals surface area contributed by atoms with Crippen LogP contribution in [0.4, 0.5) is 5.95 Å². The molecular weight excluding hydrogens is 138 g/mol. The van der Waals surface area contributed by atoms with Crippen LogP contribution in [-0.4, -0.2) is 14.2 Å². The van der Waals surface area contributed by atoms with Crippen LogP contribution < -0.4 is 0 Å². The molecule has 0 N–H and O–H groups in total. The maximum atomic E-state index is 9.77. The molecular formula is C4H3N3OS. The summed E-state index contributed by atoms with van der Waals surface area (Å²) < 4.78 is 13.1. The smallest absolute Gasteiger partial charge is 0.219 e. The van der Waals surface area contributed by atoms with E-state index in [1.165, 1.54) is 12.4 Å². The standard InChI is InChI=1S/C4H3N3OS/c8-9-7-4-5-2-1-3-6-4/h1-3H. The highest BCUT2D eigenvalue weighted by Crippen LogP contribution is 1.96. The van der Waals surface area contributed by atoms with Crippen LogP contribution >= 0.6 is 0 Å². The lowest BCUT2D eigenvalue weighted by atomic mass is 10.7. The Hall–Kier alpha value is -1.10. The van der Waals surface area contributed by atoms with Gasteiger partial charge in [-0.05, 0) is 6.07 Å². The highest BCUT2D eigenvalue weighted by atomic mass is 32.1. The molecule has 9 heavy (non-hydrogen) atoms. The van der Waals surface area contributed by atoms with Crippen molar-refractivity contribution < 1.29 is 4.21 Å². The van der Waals surface area contributed by atoms with Crippen LogP contribution in [0.25, 0.3) is 0 Å². The lowest BCUT2D eigenvalue weighted by molar-refractivity contribution is 0.698. The molecule has 0 unspecified atom stereocenters. The predicted molar refractivity (Wildman–Crippen MR) is 32.3 cm³/mol. The van der Waals surface area contributed by atoms with Crippen LogP contribution in [0.1, 0.15) is 0 Å². The van der Waals surface area contributed by atoms with Crippen molar-refractivity contribution in [2.24, 2.45) is 4.36 Å². The van der Waals surface area contributed by atoms with Crippen molar-refractivity contribution in [3.8, 4) is 0 Å². The van der Waals surface area contributed by atoms with Crippen LogP contribution in [0.3, 0.4) is 0 Å². The molecule has 0 aromatic carbocycles. The van der Waals surface area contributed by atoms with Crippen molar-refractivity contribution in [3.05, 3.63) is 18.5 Å². The van der Waals surface area contributed by atoms with E-state index >= 15 is 0 Å². The van der Waals surface area contributed by atoms with Gasteiger partial charge >= 0.3 is 0 Å². The van der Waals surface area contributed by atoms with Gasteiger partial charge in [-0.25, -0.2) is 9.97 Å². The second kappa shape index (κ2) is 3.03. The Kier molecular flexibility index (Phi) is 2.03. The Morgan fingerprint density at radius 2 is 2.11 bits per heavy atom. The van der Waals surface area contributed by atoms with Crippen molar-refractivity contribution in [1.29, 1.82) is 0 Å². The fourth-order valence-electron chi connectivity index (χ4n) is 0.372. The number of aromatic nitrogens is 2. The van der Waals surface area contributed by atoms with Gasteiger partial charge in [-0.1, -0.05) is 0 Å². The van der Waals surface area contributed by atoms with Gasteiger partial charge in [0.1, 0.15) is 0 Å². The van der Waals surface area contributed by atoms with Gasteiger partial charge in [-0.3, -0.25) is 0 Å². The second-order valence-corrected chi connectivity index (χ2v) is 1.55. The minimum atomic E-state index is 0.105. The summed E-state index contributed by atoms with van der Waals surface area (Å²) in [6.07, 6.45) is 3.06. The molecule has 0 atom stereocenters. The van der Waals surface area contributed by atoms with Crippen molar-refractivity contribution in [2.75, 3.05) is 0 Å². The van der Waals surface area contributed by atoms with E-state index < -0.39 is 0 Å². The van der Waals surface area contributed by atoms with Crippen LogP contribution in [-0.2, 0) is 11.5 Å². The van der Waals surface area contributed by atoms with E-state index in [2.05, 4.69) is 14.3 Å². The summed E-state index contributed by atoms with van der Waals surface area (Å²) in [7, 11) is 0. The van der Waals surface area contributed by atoms with Crippen LogP contribution in [0.2, 0.25) is 0 Å². The topological polar surface area (TPSA) is 55.2 Å². The Bertz CT molecular complexity index is 231. The fraction of sp³-hybridized carbons (Fsp3) is 0. The first-order valence-corrected chi connectivity index (χ1v) is 2.90. The SMILES string of the molecule is O=S=Nc1ncccn1. The van der Waals surface area contributed by atoms with Gasteiger partial charge in [-0.15, -0.1) is 4.36 Å². The second-order valence-electron chi connectivity index (χ2n) is 1.21. The van der Waals surface area contributed by atoms with Gasteiger partial charge in [-0.2, -0.15) is 4.21 Å². The summed E-state index contributed by atoms with van der Waals surface area (Å²) in [4.78, 5) is 7.34. The van der Waals surface area contributed by atoms with Gasteiger partial charge in [0, 0.05) is 12.4 Å². The van der Waals surface area contributed by atoms with E-state index in [0.29, 0.717) is 0 Å².